The highest BCUT2D eigenvalue weighted by Gasteiger charge is 2.04. The minimum Gasteiger partial charge on any atom is -0.340 e. The van der Waals surface area contributed by atoms with E-state index >= 15 is 0 Å². The molecule has 96 valence electrons. The van der Waals surface area contributed by atoms with E-state index in [2.05, 4.69) is 38.8 Å². The number of nitrogens with zero attached hydrogens (tertiary/aromatic N) is 3. The summed E-state index contributed by atoms with van der Waals surface area (Å²) in [5, 5.41) is 14.4. The lowest BCUT2D eigenvalue weighted by Gasteiger charge is -2.11. The Morgan fingerprint density at radius 2 is 1.79 bits per heavy atom. The van der Waals surface area contributed by atoms with Gasteiger partial charge in [-0.1, -0.05) is 12.1 Å². The van der Waals surface area contributed by atoms with Crippen LogP contribution in [-0.2, 0) is 0 Å². The first-order valence-corrected chi connectivity index (χ1v) is 5.93. The summed E-state index contributed by atoms with van der Waals surface area (Å²) in [5.41, 5.74) is 3.31. The Balaban J connectivity index is 2.33. The van der Waals surface area contributed by atoms with Crippen molar-refractivity contribution in [1.29, 1.82) is 5.26 Å². The van der Waals surface area contributed by atoms with Gasteiger partial charge in [0, 0.05) is 11.8 Å². The van der Waals surface area contributed by atoms with E-state index in [1.807, 2.05) is 20.0 Å². The zero-order valence-corrected chi connectivity index (χ0v) is 11.2. The van der Waals surface area contributed by atoms with Crippen molar-refractivity contribution in [1.82, 2.24) is 9.97 Å². The molecular formula is C14H15N5. The van der Waals surface area contributed by atoms with Crippen molar-refractivity contribution >= 4 is 17.3 Å². The van der Waals surface area contributed by atoms with Gasteiger partial charge in [0.15, 0.2) is 6.19 Å². The van der Waals surface area contributed by atoms with Gasteiger partial charge in [-0.25, -0.2) is 9.97 Å². The zero-order valence-electron chi connectivity index (χ0n) is 11.2. The molecule has 0 fully saturated rings. The van der Waals surface area contributed by atoms with Crippen molar-refractivity contribution in [2.24, 2.45) is 0 Å². The molecule has 0 spiro atoms. The molecule has 2 N–H and O–H groups in total. The molecule has 0 unspecified atom stereocenters. The van der Waals surface area contributed by atoms with Gasteiger partial charge in [-0.05, 0) is 38.0 Å². The molecule has 2 aromatic rings. The molecule has 0 saturated carbocycles. The molecule has 2 rings (SSSR count). The van der Waals surface area contributed by atoms with Crippen LogP contribution in [0.5, 0.6) is 0 Å². The highest BCUT2D eigenvalue weighted by Crippen LogP contribution is 2.21. The van der Waals surface area contributed by atoms with Crippen molar-refractivity contribution in [3.63, 3.8) is 0 Å². The van der Waals surface area contributed by atoms with Gasteiger partial charge in [-0.2, -0.15) is 5.26 Å². The SMILES string of the molecule is Cc1ccc(C)c(Nc2cc(NC#N)nc(C)n2)c1. The molecule has 0 atom stereocenters. The summed E-state index contributed by atoms with van der Waals surface area (Å²) < 4.78 is 0. The largest absolute Gasteiger partial charge is 0.340 e. The summed E-state index contributed by atoms with van der Waals surface area (Å²) in [7, 11) is 0. The van der Waals surface area contributed by atoms with Crippen LogP contribution < -0.4 is 10.6 Å². The quantitative estimate of drug-likeness (QED) is 0.649. The number of nitrogens with one attached hydrogen (secondary N) is 2. The third kappa shape index (κ3) is 3.19. The van der Waals surface area contributed by atoms with Gasteiger partial charge in [-0.15, -0.1) is 0 Å². The Labute approximate surface area is 112 Å². The van der Waals surface area contributed by atoms with Crippen LogP contribution in [0.25, 0.3) is 0 Å². The average Bonchev–Trinajstić information content (AvgIpc) is 2.33. The Morgan fingerprint density at radius 3 is 2.53 bits per heavy atom. The lowest BCUT2D eigenvalue weighted by Crippen LogP contribution is -2.02. The van der Waals surface area contributed by atoms with E-state index in [1.54, 1.807) is 13.0 Å². The lowest BCUT2D eigenvalue weighted by molar-refractivity contribution is 1.06. The second kappa shape index (κ2) is 5.36. The van der Waals surface area contributed by atoms with Gasteiger partial charge >= 0.3 is 0 Å². The molecule has 1 aromatic heterocycles. The fourth-order valence-electron chi connectivity index (χ4n) is 1.76. The van der Waals surface area contributed by atoms with E-state index in [1.165, 1.54) is 5.56 Å². The van der Waals surface area contributed by atoms with Gasteiger partial charge < -0.3 is 5.32 Å². The Hall–Kier alpha value is -2.61. The van der Waals surface area contributed by atoms with E-state index in [-0.39, 0.29) is 0 Å². The first-order chi connectivity index (χ1) is 9.08. The molecule has 0 radical (unpaired) electrons. The van der Waals surface area contributed by atoms with Gasteiger partial charge in [0.05, 0.1) is 0 Å². The Morgan fingerprint density at radius 1 is 1.05 bits per heavy atom. The molecule has 19 heavy (non-hydrogen) atoms. The first-order valence-electron chi connectivity index (χ1n) is 5.93. The topological polar surface area (TPSA) is 73.6 Å². The van der Waals surface area contributed by atoms with E-state index in [0.717, 1.165) is 11.3 Å². The molecule has 0 bridgehead atoms. The highest BCUT2D eigenvalue weighted by atomic mass is 15.1. The molecule has 5 heteroatoms. The fraction of sp³-hybridized carbons (Fsp3) is 0.214. The third-order valence-corrected chi connectivity index (χ3v) is 2.68. The molecule has 0 aliphatic carbocycles. The molecule has 0 saturated heterocycles. The van der Waals surface area contributed by atoms with Crippen LogP contribution in [0.1, 0.15) is 17.0 Å². The number of hydrogen-bond acceptors (Lipinski definition) is 5. The predicted molar refractivity (Wildman–Crippen MR) is 75.2 cm³/mol. The minimum atomic E-state index is 0.489. The summed E-state index contributed by atoms with van der Waals surface area (Å²) in [5.74, 6) is 1.76. The Kier molecular flexibility index (Phi) is 3.62. The van der Waals surface area contributed by atoms with E-state index in [0.29, 0.717) is 17.5 Å². The molecule has 1 heterocycles. The van der Waals surface area contributed by atoms with Crippen molar-refractivity contribution in [3.05, 3.63) is 41.2 Å². The van der Waals surface area contributed by atoms with Gasteiger partial charge in [0.2, 0.25) is 0 Å². The van der Waals surface area contributed by atoms with Crippen molar-refractivity contribution in [2.75, 3.05) is 10.6 Å². The van der Waals surface area contributed by atoms with E-state index in [9.17, 15) is 0 Å². The summed E-state index contributed by atoms with van der Waals surface area (Å²) >= 11 is 0. The summed E-state index contributed by atoms with van der Waals surface area (Å²) in [6.07, 6.45) is 1.85. The monoisotopic (exact) mass is 253 g/mol. The van der Waals surface area contributed by atoms with Gasteiger partial charge in [0.1, 0.15) is 17.5 Å². The second-order valence-corrected chi connectivity index (χ2v) is 4.37. The molecule has 0 aliphatic heterocycles. The number of rotatable bonds is 3. The Bertz CT molecular complexity index is 643. The van der Waals surface area contributed by atoms with Crippen molar-refractivity contribution in [2.45, 2.75) is 20.8 Å². The van der Waals surface area contributed by atoms with Crippen LogP contribution in [0.3, 0.4) is 0 Å². The predicted octanol–water partition coefficient (Wildman–Crippen LogP) is 3.04. The molecular weight excluding hydrogens is 238 g/mol. The fourth-order valence-corrected chi connectivity index (χ4v) is 1.76. The van der Waals surface area contributed by atoms with Gasteiger partial charge in [0.25, 0.3) is 0 Å². The smallest absolute Gasteiger partial charge is 0.182 e. The number of nitriles is 1. The summed E-state index contributed by atoms with van der Waals surface area (Å²) in [6.45, 7) is 5.86. The number of aromatic nitrogens is 2. The van der Waals surface area contributed by atoms with E-state index < -0.39 is 0 Å². The van der Waals surface area contributed by atoms with Crippen LogP contribution in [0, 0.1) is 32.2 Å². The maximum atomic E-state index is 8.63. The average molecular weight is 253 g/mol. The maximum Gasteiger partial charge on any atom is 0.182 e. The number of benzene rings is 1. The normalized spacial score (nSPS) is 9.79. The number of anilines is 3. The standard InChI is InChI=1S/C14H15N5/c1-9-4-5-10(2)12(6-9)19-14-7-13(16-8-15)17-11(3)18-14/h4-7H,1-3H3,(H2,16,17,18,19). The highest BCUT2D eigenvalue weighted by molar-refractivity contribution is 5.63. The van der Waals surface area contributed by atoms with Crippen LogP contribution in [0.4, 0.5) is 17.3 Å². The van der Waals surface area contributed by atoms with Gasteiger partial charge in [-0.3, -0.25) is 5.32 Å². The maximum absolute atomic E-state index is 8.63. The molecule has 1 aromatic carbocycles. The first kappa shape index (κ1) is 12.8. The van der Waals surface area contributed by atoms with Crippen molar-refractivity contribution < 1.29 is 0 Å². The number of hydrogen-bond donors (Lipinski definition) is 2. The van der Waals surface area contributed by atoms with Crippen LogP contribution in [0.15, 0.2) is 24.3 Å². The minimum absolute atomic E-state index is 0.489. The van der Waals surface area contributed by atoms with Crippen LogP contribution >= 0.6 is 0 Å². The van der Waals surface area contributed by atoms with Crippen molar-refractivity contribution in [3.8, 4) is 6.19 Å². The zero-order chi connectivity index (χ0) is 13.8. The summed E-state index contributed by atoms with van der Waals surface area (Å²) in [6, 6.07) is 7.89. The lowest BCUT2D eigenvalue weighted by atomic mass is 10.1. The summed E-state index contributed by atoms with van der Waals surface area (Å²) in [4.78, 5) is 8.43. The second-order valence-electron chi connectivity index (χ2n) is 4.37. The molecule has 5 nitrogen and oxygen atoms in total. The van der Waals surface area contributed by atoms with E-state index in [4.69, 9.17) is 5.26 Å². The third-order valence-electron chi connectivity index (χ3n) is 2.68. The van der Waals surface area contributed by atoms with Crippen LogP contribution in [0.2, 0.25) is 0 Å². The van der Waals surface area contributed by atoms with Crippen LogP contribution in [-0.4, -0.2) is 9.97 Å². The number of aryl methyl sites for hydroxylation is 3. The molecule has 0 aliphatic rings. The molecule has 0 amide bonds.